The average molecular weight is 589 g/mol. The number of pyridine rings is 1. The van der Waals surface area contributed by atoms with E-state index >= 15 is 0 Å². The van der Waals surface area contributed by atoms with E-state index in [2.05, 4.69) is 15.5 Å². The van der Waals surface area contributed by atoms with Crippen LogP contribution in [0.4, 0.5) is 4.39 Å². The minimum absolute atomic E-state index is 0.0664. The van der Waals surface area contributed by atoms with E-state index in [0.717, 1.165) is 13.1 Å². The lowest BCUT2D eigenvalue weighted by molar-refractivity contribution is -0.00611. The van der Waals surface area contributed by atoms with Gasteiger partial charge in [0, 0.05) is 43.9 Å². The number of benzene rings is 2. The molecule has 0 radical (unpaired) electrons. The number of halogens is 2. The van der Waals surface area contributed by atoms with Gasteiger partial charge in [0.25, 0.3) is 5.91 Å². The topological polar surface area (TPSA) is 125 Å². The molecule has 0 saturated carbocycles. The summed E-state index contributed by atoms with van der Waals surface area (Å²) in [5.41, 5.74) is -0.101. The number of hydrogen-bond donors (Lipinski definition) is 4. The maximum absolute atomic E-state index is 13.9. The van der Waals surface area contributed by atoms with Crippen LogP contribution >= 0.6 is 11.6 Å². The van der Waals surface area contributed by atoms with E-state index in [9.17, 15) is 14.3 Å². The van der Waals surface area contributed by atoms with Gasteiger partial charge in [0.1, 0.15) is 29.5 Å². The number of piperazine rings is 1. The van der Waals surface area contributed by atoms with E-state index in [0.29, 0.717) is 52.9 Å². The molecule has 12 heteroatoms. The Morgan fingerprint density at radius 1 is 1.10 bits per heavy atom. The van der Waals surface area contributed by atoms with Crippen LogP contribution in [0.3, 0.4) is 0 Å². The minimum atomic E-state index is -1.59. The van der Waals surface area contributed by atoms with Crippen LogP contribution in [-0.2, 0) is 5.60 Å². The largest absolute Gasteiger partial charge is 0.494 e. The molecule has 1 amide bonds. The predicted octanol–water partition coefficient (Wildman–Crippen LogP) is 2.45. The maximum Gasteiger partial charge on any atom is 0.251 e. The molecule has 10 nitrogen and oxygen atoms in total. The van der Waals surface area contributed by atoms with Crippen molar-refractivity contribution in [3.8, 4) is 28.5 Å². The van der Waals surface area contributed by atoms with Crippen molar-refractivity contribution in [3.63, 3.8) is 0 Å². The molecule has 0 bridgehead atoms. The number of methoxy groups -OCH3 is 2. The van der Waals surface area contributed by atoms with Gasteiger partial charge < -0.3 is 35.1 Å². The highest BCUT2D eigenvalue weighted by molar-refractivity contribution is 6.31. The molecular weight excluding hydrogens is 555 g/mol. The van der Waals surface area contributed by atoms with Gasteiger partial charge in [-0.3, -0.25) is 9.69 Å². The summed E-state index contributed by atoms with van der Waals surface area (Å²) in [5, 5.41) is 27.2. The van der Waals surface area contributed by atoms with Crippen molar-refractivity contribution in [2.75, 3.05) is 66.7 Å². The summed E-state index contributed by atoms with van der Waals surface area (Å²) >= 11 is 6.04. The molecule has 41 heavy (non-hydrogen) atoms. The Morgan fingerprint density at radius 3 is 2.51 bits per heavy atom. The lowest BCUT2D eigenvalue weighted by Crippen LogP contribution is -2.53. The van der Waals surface area contributed by atoms with Crippen molar-refractivity contribution in [1.82, 2.24) is 20.5 Å². The molecule has 2 heterocycles. The number of carbonyl (C=O) groups excluding carboxylic acids is 1. The van der Waals surface area contributed by atoms with Gasteiger partial charge in [-0.2, -0.15) is 0 Å². The summed E-state index contributed by atoms with van der Waals surface area (Å²) in [7, 11) is 2.95. The molecule has 1 saturated heterocycles. The Bertz CT molecular complexity index is 1360. The van der Waals surface area contributed by atoms with E-state index in [1.54, 1.807) is 24.3 Å². The molecule has 1 aliphatic heterocycles. The number of ether oxygens (including phenoxy) is 3. The molecule has 0 spiro atoms. The Morgan fingerprint density at radius 2 is 1.83 bits per heavy atom. The van der Waals surface area contributed by atoms with Gasteiger partial charge in [0.05, 0.1) is 38.1 Å². The highest BCUT2D eigenvalue weighted by atomic mass is 35.5. The first-order valence-corrected chi connectivity index (χ1v) is 13.5. The second-order valence-electron chi connectivity index (χ2n) is 9.55. The number of nitrogens with zero attached hydrogens (tertiary/aromatic N) is 2. The number of hydrogen-bond acceptors (Lipinski definition) is 9. The van der Waals surface area contributed by atoms with Crippen molar-refractivity contribution in [3.05, 3.63) is 70.6 Å². The minimum Gasteiger partial charge on any atom is -0.494 e. The zero-order valence-electron chi connectivity index (χ0n) is 23.0. The summed E-state index contributed by atoms with van der Waals surface area (Å²) < 4.78 is 30.1. The first-order valence-electron chi connectivity index (χ1n) is 13.1. The summed E-state index contributed by atoms with van der Waals surface area (Å²) in [4.78, 5) is 20.0. The molecule has 0 aliphatic carbocycles. The van der Waals surface area contributed by atoms with E-state index in [1.807, 2.05) is 0 Å². The number of amides is 1. The molecule has 1 aromatic heterocycles. The fraction of sp³-hybridized carbons (Fsp3) is 0.379. The average Bonchev–Trinajstić information content (AvgIpc) is 3.00. The Kier molecular flexibility index (Phi) is 10.4. The van der Waals surface area contributed by atoms with Gasteiger partial charge in [-0.15, -0.1) is 0 Å². The third-order valence-electron chi connectivity index (χ3n) is 6.76. The van der Waals surface area contributed by atoms with Crippen LogP contribution in [-0.4, -0.2) is 92.7 Å². The van der Waals surface area contributed by atoms with Crippen LogP contribution in [0.5, 0.6) is 17.2 Å². The van der Waals surface area contributed by atoms with Crippen molar-refractivity contribution >= 4 is 17.5 Å². The fourth-order valence-corrected chi connectivity index (χ4v) is 4.78. The number of nitrogens with one attached hydrogen (secondary N) is 2. The van der Waals surface area contributed by atoms with Gasteiger partial charge >= 0.3 is 0 Å². The van der Waals surface area contributed by atoms with Crippen molar-refractivity contribution in [2.45, 2.75) is 5.60 Å². The molecule has 4 rings (SSSR count). The number of aliphatic hydroxyl groups excluding tert-OH is 1. The van der Waals surface area contributed by atoms with Crippen LogP contribution in [0.25, 0.3) is 11.3 Å². The van der Waals surface area contributed by atoms with Crippen LogP contribution in [0, 0.1) is 5.82 Å². The molecular formula is C29H34ClFN4O6. The molecule has 4 N–H and O–H groups in total. The molecule has 220 valence electrons. The third kappa shape index (κ3) is 7.43. The summed E-state index contributed by atoms with van der Waals surface area (Å²) in [5.74, 6) is 0.147. The Balaban J connectivity index is 1.64. The number of aliphatic hydroxyl groups is 2. The zero-order valence-corrected chi connectivity index (χ0v) is 23.7. The quantitative estimate of drug-likeness (QED) is 0.252. The molecule has 2 aromatic carbocycles. The third-order valence-corrected chi connectivity index (χ3v) is 7.05. The lowest BCUT2D eigenvalue weighted by atomic mass is 9.96. The van der Waals surface area contributed by atoms with Crippen molar-refractivity contribution < 1.29 is 33.6 Å². The van der Waals surface area contributed by atoms with E-state index in [4.69, 9.17) is 35.9 Å². The second kappa shape index (κ2) is 13.9. The van der Waals surface area contributed by atoms with E-state index in [-0.39, 0.29) is 31.3 Å². The maximum atomic E-state index is 13.9. The predicted molar refractivity (Wildman–Crippen MR) is 152 cm³/mol. The van der Waals surface area contributed by atoms with Crippen LogP contribution < -0.4 is 24.8 Å². The Labute approximate surface area is 243 Å². The molecule has 1 unspecified atom stereocenters. The van der Waals surface area contributed by atoms with E-state index in [1.165, 1.54) is 38.5 Å². The highest BCUT2D eigenvalue weighted by Crippen LogP contribution is 2.34. The summed E-state index contributed by atoms with van der Waals surface area (Å²) in [6.45, 7) is 2.93. The number of carbonyl (C=O) groups is 1. The van der Waals surface area contributed by atoms with Gasteiger partial charge in [-0.05, 0) is 48.5 Å². The van der Waals surface area contributed by atoms with Crippen molar-refractivity contribution in [1.29, 1.82) is 0 Å². The Hall–Kier alpha value is -3.48. The van der Waals surface area contributed by atoms with Crippen LogP contribution in [0.1, 0.15) is 16.1 Å². The van der Waals surface area contributed by atoms with Crippen molar-refractivity contribution in [2.24, 2.45) is 0 Å². The molecule has 1 aliphatic rings. The number of β-amino-alcohol motifs (C(OH)–C–C–N with tert-alkyl or cyclic N) is 1. The molecule has 3 aromatic rings. The smallest absolute Gasteiger partial charge is 0.251 e. The lowest BCUT2D eigenvalue weighted by Gasteiger charge is -2.36. The summed E-state index contributed by atoms with van der Waals surface area (Å²) in [6.07, 6.45) is 0. The second-order valence-corrected chi connectivity index (χ2v) is 9.96. The first-order chi connectivity index (χ1) is 19.8. The van der Waals surface area contributed by atoms with Crippen LogP contribution in [0.15, 0.2) is 48.5 Å². The summed E-state index contributed by atoms with van der Waals surface area (Å²) in [6, 6.07) is 12.2. The van der Waals surface area contributed by atoms with E-state index < -0.39 is 17.3 Å². The molecule has 1 fully saturated rings. The van der Waals surface area contributed by atoms with Gasteiger partial charge in [-0.1, -0.05) is 11.6 Å². The normalized spacial score (nSPS) is 15.2. The van der Waals surface area contributed by atoms with Gasteiger partial charge in [0.2, 0.25) is 0 Å². The number of aromatic nitrogens is 1. The standard InChI is InChI=1S/C29H34ClFN4O6/c1-39-24-7-8-26(34-27(24)19-3-5-22(31)21(30)15-19)29(38,18-35-11-9-32-10-12-35)17-33-28(37)20-4-6-23(41-14-13-36)25(16-20)40-2/h3-8,15-16,32,36,38H,9-14,17-18H2,1-2H3,(H,33,37). The monoisotopic (exact) mass is 588 g/mol. The highest BCUT2D eigenvalue weighted by Gasteiger charge is 2.35. The van der Waals surface area contributed by atoms with Crippen LogP contribution in [0.2, 0.25) is 5.02 Å². The SMILES string of the molecule is COc1cc(C(=O)NCC(O)(CN2CCNCC2)c2ccc(OC)c(-c3ccc(F)c(Cl)c3)n2)ccc1OCCO. The molecule has 1 atom stereocenters. The zero-order chi connectivity index (χ0) is 29.4. The fourth-order valence-electron chi connectivity index (χ4n) is 4.60. The van der Waals surface area contributed by atoms with Gasteiger partial charge in [0.15, 0.2) is 11.5 Å². The number of rotatable bonds is 12. The first kappa shape index (κ1) is 30.5. The van der Waals surface area contributed by atoms with Gasteiger partial charge in [-0.25, -0.2) is 9.37 Å².